The van der Waals surface area contributed by atoms with Crippen LogP contribution in [0.2, 0.25) is 0 Å². The minimum Gasteiger partial charge on any atom is -0.353 e. The van der Waals surface area contributed by atoms with E-state index in [9.17, 15) is 9.59 Å². The molecule has 8 nitrogen and oxygen atoms in total. The summed E-state index contributed by atoms with van der Waals surface area (Å²) in [4.78, 5) is 33.5. The highest BCUT2D eigenvalue weighted by atomic mass is 16.7. The molecule has 4 saturated carbocycles. The highest BCUT2D eigenvalue weighted by molar-refractivity contribution is 5.97. The third-order valence-corrected chi connectivity index (χ3v) is 16.8. The molecule has 1 unspecified atom stereocenters. The second-order valence-electron chi connectivity index (χ2n) is 19.0. The molecule has 4 aliphatic heterocycles. The van der Waals surface area contributed by atoms with Crippen LogP contribution in [0.4, 0.5) is 0 Å². The Morgan fingerprint density at radius 1 is 0.816 bits per heavy atom. The number of likely N-dealkylation sites (tertiary alicyclic amines) is 1. The zero-order valence-corrected chi connectivity index (χ0v) is 31.6. The van der Waals surface area contributed by atoms with Crippen molar-refractivity contribution in [3.63, 3.8) is 0 Å². The Morgan fingerprint density at radius 2 is 1.57 bits per heavy atom. The Labute approximate surface area is 297 Å². The minimum absolute atomic E-state index is 0.00641. The molecular formula is C41H68N4O4. The molecule has 8 fully saturated rings. The van der Waals surface area contributed by atoms with Crippen molar-refractivity contribution < 1.29 is 19.1 Å². The maximum absolute atomic E-state index is 13.2. The first-order chi connectivity index (χ1) is 23.5. The molecule has 4 aliphatic carbocycles. The van der Waals surface area contributed by atoms with Gasteiger partial charge in [-0.3, -0.25) is 14.5 Å². The van der Waals surface area contributed by atoms with Crippen molar-refractivity contribution >= 4 is 11.8 Å². The van der Waals surface area contributed by atoms with E-state index in [0.29, 0.717) is 46.6 Å². The van der Waals surface area contributed by atoms with Crippen LogP contribution in [0.25, 0.3) is 0 Å². The van der Waals surface area contributed by atoms with E-state index in [-0.39, 0.29) is 30.1 Å². The minimum atomic E-state index is -0.329. The van der Waals surface area contributed by atoms with Gasteiger partial charge in [0.2, 0.25) is 11.8 Å². The van der Waals surface area contributed by atoms with Gasteiger partial charge in [-0.05, 0) is 137 Å². The number of amides is 2. The molecule has 0 aromatic carbocycles. The molecule has 12 atom stereocenters. The van der Waals surface area contributed by atoms with Gasteiger partial charge >= 0.3 is 0 Å². The van der Waals surface area contributed by atoms with E-state index in [1.165, 1.54) is 70.9 Å². The van der Waals surface area contributed by atoms with E-state index in [2.05, 4.69) is 49.7 Å². The van der Waals surface area contributed by atoms with Gasteiger partial charge in [0, 0.05) is 50.6 Å². The van der Waals surface area contributed by atoms with E-state index in [1.54, 1.807) is 0 Å². The van der Waals surface area contributed by atoms with Crippen molar-refractivity contribution in [2.45, 2.75) is 142 Å². The topological polar surface area (TPSA) is 74.4 Å². The van der Waals surface area contributed by atoms with Crippen molar-refractivity contribution in [2.75, 3.05) is 52.4 Å². The number of hydrogen-bond acceptors (Lipinski definition) is 6. The number of carbonyl (C=O) groups is 2. The maximum atomic E-state index is 13.2. The van der Waals surface area contributed by atoms with Gasteiger partial charge in [0.25, 0.3) is 0 Å². The van der Waals surface area contributed by atoms with E-state index in [1.807, 2.05) is 4.90 Å². The zero-order valence-electron chi connectivity index (χ0n) is 31.6. The average molecular weight is 681 g/mol. The number of hydrogen-bond donors (Lipinski definition) is 1. The van der Waals surface area contributed by atoms with Gasteiger partial charge in [0.05, 0.1) is 12.7 Å². The number of carbonyl (C=O) groups excluding carboxylic acids is 2. The van der Waals surface area contributed by atoms with Crippen LogP contribution in [0.15, 0.2) is 0 Å². The highest BCUT2D eigenvalue weighted by Gasteiger charge is 2.69. The number of nitrogens with one attached hydrogen (secondary N) is 1. The van der Waals surface area contributed by atoms with Crippen molar-refractivity contribution in [1.82, 2.24) is 20.0 Å². The largest absolute Gasteiger partial charge is 0.353 e. The smallest absolute Gasteiger partial charge is 0.232 e. The molecule has 49 heavy (non-hydrogen) atoms. The second-order valence-corrected chi connectivity index (χ2v) is 19.0. The summed E-state index contributed by atoms with van der Waals surface area (Å²) < 4.78 is 13.6. The summed E-state index contributed by atoms with van der Waals surface area (Å²) in [7, 11) is 0. The van der Waals surface area contributed by atoms with Crippen molar-refractivity contribution in [3.8, 4) is 0 Å². The summed E-state index contributed by atoms with van der Waals surface area (Å²) in [5, 5.41) is 3.36. The molecule has 0 bridgehead atoms. The van der Waals surface area contributed by atoms with Gasteiger partial charge in [0.1, 0.15) is 6.42 Å². The maximum Gasteiger partial charge on any atom is 0.232 e. The van der Waals surface area contributed by atoms with Crippen LogP contribution in [-0.4, -0.2) is 103 Å². The summed E-state index contributed by atoms with van der Waals surface area (Å²) >= 11 is 0. The van der Waals surface area contributed by atoms with Crippen LogP contribution in [0, 0.1) is 52.3 Å². The molecule has 0 aromatic rings. The number of nitrogens with zero attached hydrogens (tertiary/aromatic N) is 3. The van der Waals surface area contributed by atoms with E-state index in [0.717, 1.165) is 76.3 Å². The zero-order chi connectivity index (χ0) is 34.1. The van der Waals surface area contributed by atoms with Crippen LogP contribution in [0.1, 0.15) is 118 Å². The van der Waals surface area contributed by atoms with Crippen LogP contribution >= 0.6 is 0 Å². The first-order valence-electron chi connectivity index (χ1n) is 20.9. The molecule has 4 saturated heterocycles. The summed E-state index contributed by atoms with van der Waals surface area (Å²) in [6.45, 7) is 20.0. The predicted molar refractivity (Wildman–Crippen MR) is 192 cm³/mol. The van der Waals surface area contributed by atoms with Gasteiger partial charge < -0.3 is 24.6 Å². The van der Waals surface area contributed by atoms with Gasteiger partial charge in [-0.25, -0.2) is 0 Å². The Bertz CT molecular complexity index is 1220. The quantitative estimate of drug-likeness (QED) is 0.363. The monoisotopic (exact) mass is 681 g/mol. The van der Waals surface area contributed by atoms with Crippen molar-refractivity contribution in [2.24, 2.45) is 52.3 Å². The van der Waals surface area contributed by atoms with Gasteiger partial charge in [0.15, 0.2) is 5.79 Å². The lowest BCUT2D eigenvalue weighted by Crippen LogP contribution is -2.56. The van der Waals surface area contributed by atoms with Crippen molar-refractivity contribution in [3.05, 3.63) is 0 Å². The Hall–Kier alpha value is -1.22. The standard InChI is InChI=1S/C41H68N4O4/c1-6-43-17-12-31(13-18-43)44-19-21-45(22-20-44)37(47)25-36(46)42-30-10-14-39(4)29(23-30)7-8-32-33(39)11-15-40(5)34(32)24-35-38(40)28(3)41(49-35)16-9-27(2)26-48-41/h27-35,38H,6-26H2,1-5H3,(H,42,46)/t27-,28-,29+,30-,32+,33?,34-,35-,38-,39-,40-,41+/m0/s1. The molecule has 8 aliphatic rings. The van der Waals surface area contributed by atoms with E-state index < -0.39 is 0 Å². The van der Waals surface area contributed by atoms with Crippen LogP contribution in [0.3, 0.4) is 0 Å². The number of ether oxygens (including phenoxy) is 2. The van der Waals surface area contributed by atoms with Crippen molar-refractivity contribution in [1.29, 1.82) is 0 Å². The fraction of sp³-hybridized carbons (Fsp3) is 0.951. The van der Waals surface area contributed by atoms with E-state index >= 15 is 0 Å². The molecule has 4 heterocycles. The Balaban J connectivity index is 0.822. The molecule has 8 heteroatoms. The second kappa shape index (κ2) is 13.3. The fourth-order valence-electron chi connectivity index (χ4n) is 13.9. The SMILES string of the molecule is CCN1CCC(N2CCN(C(=O)CC(=O)N[C@H]3CC[C@]4(C)C5CC[C@]6(C)[C@@H]7[C@H](C[C@H]6[C@@H]5CC[C@@H]4C3)O[C@]3(CC[C@H](C)CO3)[C@H]7C)CC2)CC1. The summed E-state index contributed by atoms with van der Waals surface area (Å²) in [5.41, 5.74) is 0.726. The number of piperazine rings is 1. The summed E-state index contributed by atoms with van der Waals surface area (Å²) in [6, 6.07) is 0.862. The lowest BCUT2D eigenvalue weighted by Gasteiger charge is -2.61. The summed E-state index contributed by atoms with van der Waals surface area (Å²) in [6.07, 6.45) is 15.0. The Morgan fingerprint density at radius 3 is 2.29 bits per heavy atom. The predicted octanol–water partition coefficient (Wildman–Crippen LogP) is 5.94. The molecular weight excluding hydrogens is 612 g/mol. The molecule has 276 valence electrons. The molecule has 1 spiro atoms. The Kier molecular flexibility index (Phi) is 9.47. The molecule has 1 N–H and O–H groups in total. The van der Waals surface area contributed by atoms with Gasteiger partial charge in [-0.1, -0.05) is 34.6 Å². The lowest BCUT2D eigenvalue weighted by molar-refractivity contribution is -0.273. The number of rotatable bonds is 5. The van der Waals surface area contributed by atoms with Crippen LogP contribution in [-0.2, 0) is 19.1 Å². The van der Waals surface area contributed by atoms with E-state index in [4.69, 9.17) is 9.47 Å². The molecule has 0 radical (unpaired) electrons. The normalized spacial score (nSPS) is 47.7. The van der Waals surface area contributed by atoms with Crippen LogP contribution in [0.5, 0.6) is 0 Å². The summed E-state index contributed by atoms with van der Waals surface area (Å²) in [5.74, 6) is 4.40. The molecule has 8 rings (SSSR count). The molecule has 0 aromatic heterocycles. The average Bonchev–Trinajstić information content (AvgIpc) is 3.55. The van der Waals surface area contributed by atoms with Crippen LogP contribution < -0.4 is 5.32 Å². The fourth-order valence-corrected chi connectivity index (χ4v) is 13.9. The molecule has 2 amide bonds. The third kappa shape index (κ3) is 6.02. The van der Waals surface area contributed by atoms with Gasteiger partial charge in [-0.15, -0.1) is 0 Å². The highest BCUT2D eigenvalue weighted by Crippen LogP contribution is 2.71. The lowest BCUT2D eigenvalue weighted by atomic mass is 9.44. The number of piperidine rings is 1. The first kappa shape index (κ1) is 34.8. The number of fused-ring (bicyclic) bond motifs is 7. The third-order valence-electron chi connectivity index (χ3n) is 16.8. The van der Waals surface area contributed by atoms with Gasteiger partial charge in [-0.2, -0.15) is 0 Å². The first-order valence-corrected chi connectivity index (χ1v) is 20.9.